The molecule has 3 aromatic rings. The highest BCUT2D eigenvalue weighted by atomic mass is 16.6. The highest BCUT2D eigenvalue weighted by Crippen LogP contribution is 2.45. The van der Waals surface area contributed by atoms with Crippen LogP contribution in [0.4, 0.5) is 0 Å². The second-order valence-corrected chi connectivity index (χ2v) is 7.71. The van der Waals surface area contributed by atoms with Crippen molar-refractivity contribution in [1.29, 1.82) is 0 Å². The Hall–Kier alpha value is -4.13. The fourth-order valence-electron chi connectivity index (χ4n) is 3.91. The number of carbonyl (C=O) groups is 1. The number of esters is 1. The summed E-state index contributed by atoms with van der Waals surface area (Å²) in [6.07, 6.45) is 4.44. The number of allylic oxidation sites excluding steroid dienone is 1. The third kappa shape index (κ3) is 4.50. The van der Waals surface area contributed by atoms with Crippen molar-refractivity contribution in [3.05, 3.63) is 76.9 Å². The summed E-state index contributed by atoms with van der Waals surface area (Å²) in [5.74, 6) is 1.61. The Labute approximate surface area is 198 Å². The molecule has 1 heterocycles. The Morgan fingerprint density at radius 3 is 2.41 bits per heavy atom. The van der Waals surface area contributed by atoms with Gasteiger partial charge >= 0.3 is 5.97 Å². The van der Waals surface area contributed by atoms with E-state index in [1.807, 2.05) is 31.2 Å². The average molecular weight is 462 g/mol. The van der Waals surface area contributed by atoms with Crippen LogP contribution in [0.3, 0.4) is 0 Å². The molecule has 0 aliphatic carbocycles. The Bertz CT molecular complexity index is 1250. The Morgan fingerprint density at radius 1 is 0.941 bits per heavy atom. The monoisotopic (exact) mass is 462 g/mol. The second kappa shape index (κ2) is 9.79. The highest BCUT2D eigenvalue weighted by Gasteiger charge is 2.29. The fraction of sp³-hybridized carbons (Fsp3) is 0.222. The van der Waals surface area contributed by atoms with Gasteiger partial charge in [0.1, 0.15) is 6.10 Å². The van der Waals surface area contributed by atoms with Crippen LogP contribution in [0.25, 0.3) is 6.08 Å². The molecule has 0 saturated carbocycles. The molecule has 1 aliphatic rings. The van der Waals surface area contributed by atoms with Gasteiger partial charge in [0, 0.05) is 12.0 Å². The maximum absolute atomic E-state index is 12.6. The van der Waals surface area contributed by atoms with Gasteiger partial charge in [-0.15, -0.1) is 0 Å². The molecular weight excluding hydrogens is 436 g/mol. The molecule has 34 heavy (non-hydrogen) atoms. The third-order valence-electron chi connectivity index (χ3n) is 5.58. The zero-order valence-corrected chi connectivity index (χ0v) is 19.5. The molecule has 1 aliphatic heterocycles. The van der Waals surface area contributed by atoms with E-state index in [1.165, 1.54) is 32.4 Å². The average Bonchev–Trinajstić information content (AvgIpc) is 3.28. The predicted molar refractivity (Wildman–Crippen MR) is 127 cm³/mol. The Kier molecular flexibility index (Phi) is 6.63. The van der Waals surface area contributed by atoms with Gasteiger partial charge in [-0.05, 0) is 60.5 Å². The van der Waals surface area contributed by atoms with Gasteiger partial charge in [0.2, 0.25) is 0 Å². The number of hydrogen-bond donors (Lipinski definition) is 1. The van der Waals surface area contributed by atoms with Gasteiger partial charge < -0.3 is 28.8 Å². The molecule has 0 bridgehead atoms. The van der Waals surface area contributed by atoms with Crippen LogP contribution in [0.5, 0.6) is 34.5 Å². The van der Waals surface area contributed by atoms with Crippen LogP contribution in [0.1, 0.15) is 40.1 Å². The van der Waals surface area contributed by atoms with E-state index >= 15 is 0 Å². The molecule has 0 fully saturated rings. The van der Waals surface area contributed by atoms with Gasteiger partial charge in [-0.1, -0.05) is 18.2 Å². The lowest BCUT2D eigenvalue weighted by atomic mass is 10.0. The first-order valence-corrected chi connectivity index (χ1v) is 10.7. The van der Waals surface area contributed by atoms with Crippen LogP contribution in [0.15, 0.2) is 54.6 Å². The highest BCUT2D eigenvalue weighted by molar-refractivity contribution is 5.92. The number of hydrogen-bond acceptors (Lipinski definition) is 7. The summed E-state index contributed by atoms with van der Waals surface area (Å²) in [4.78, 5) is 12.6. The zero-order chi connectivity index (χ0) is 24.2. The second-order valence-electron chi connectivity index (χ2n) is 7.71. The molecule has 0 amide bonds. The smallest absolute Gasteiger partial charge is 0.343 e. The molecular formula is C27H26O7. The Morgan fingerprint density at radius 2 is 1.71 bits per heavy atom. The number of phenolic OH excluding ortho intramolecular Hbond substituents is 1. The minimum absolute atomic E-state index is 0.0620. The number of rotatable bonds is 7. The lowest BCUT2D eigenvalue weighted by Crippen LogP contribution is -2.10. The van der Waals surface area contributed by atoms with Crippen molar-refractivity contribution >= 4 is 12.0 Å². The molecule has 1 atom stereocenters. The van der Waals surface area contributed by atoms with Crippen molar-refractivity contribution in [3.63, 3.8) is 0 Å². The van der Waals surface area contributed by atoms with E-state index in [4.69, 9.17) is 23.7 Å². The molecule has 0 spiro atoms. The molecule has 0 unspecified atom stereocenters. The van der Waals surface area contributed by atoms with Crippen molar-refractivity contribution < 1.29 is 33.6 Å². The van der Waals surface area contributed by atoms with Crippen LogP contribution in [-0.2, 0) is 6.42 Å². The van der Waals surface area contributed by atoms with Gasteiger partial charge in [-0.3, -0.25) is 0 Å². The molecule has 7 nitrogen and oxygen atoms in total. The van der Waals surface area contributed by atoms with Gasteiger partial charge in [-0.25, -0.2) is 4.79 Å². The van der Waals surface area contributed by atoms with Crippen LogP contribution in [-0.4, -0.2) is 32.4 Å². The van der Waals surface area contributed by atoms with Crippen LogP contribution in [0.2, 0.25) is 0 Å². The standard InChI is InChI=1S/C27H26O7/c1-5-6-16-11-19-15-22(33-26(19)25(12-16)32-4)17-8-10-21(24(13-17)31-3)34-27(29)18-7-9-20(28)23(14-18)30-2/h5-14,22,28H,15H2,1-4H3/b6-5+/t22-/m1/s1. The van der Waals surface area contributed by atoms with Crippen LogP contribution < -0.4 is 23.7 Å². The summed E-state index contributed by atoms with van der Waals surface area (Å²) in [5.41, 5.74) is 3.23. The minimum atomic E-state index is -0.602. The van der Waals surface area contributed by atoms with Crippen molar-refractivity contribution in [2.45, 2.75) is 19.4 Å². The molecule has 0 radical (unpaired) electrons. The van der Waals surface area contributed by atoms with Gasteiger partial charge in [-0.2, -0.15) is 0 Å². The Balaban J connectivity index is 1.56. The summed E-state index contributed by atoms with van der Waals surface area (Å²) in [6.45, 7) is 1.97. The quantitative estimate of drug-likeness (QED) is 0.374. The summed E-state index contributed by atoms with van der Waals surface area (Å²) < 4.78 is 27.9. The van der Waals surface area contributed by atoms with Crippen molar-refractivity contribution in [3.8, 4) is 34.5 Å². The zero-order valence-electron chi connectivity index (χ0n) is 19.5. The van der Waals surface area contributed by atoms with Crippen LogP contribution >= 0.6 is 0 Å². The van der Waals surface area contributed by atoms with Crippen molar-refractivity contribution in [2.75, 3.05) is 21.3 Å². The topological polar surface area (TPSA) is 83.5 Å². The van der Waals surface area contributed by atoms with E-state index in [0.717, 1.165) is 22.4 Å². The van der Waals surface area contributed by atoms with Crippen molar-refractivity contribution in [1.82, 2.24) is 0 Å². The van der Waals surface area contributed by atoms with Gasteiger partial charge in [0.25, 0.3) is 0 Å². The predicted octanol–water partition coefficient (Wildman–Crippen LogP) is 5.35. The summed E-state index contributed by atoms with van der Waals surface area (Å²) in [7, 11) is 4.55. The van der Waals surface area contributed by atoms with E-state index in [0.29, 0.717) is 17.9 Å². The van der Waals surface area contributed by atoms with E-state index in [2.05, 4.69) is 6.07 Å². The summed E-state index contributed by atoms with van der Waals surface area (Å²) >= 11 is 0. The first kappa shape index (κ1) is 23.0. The number of aromatic hydroxyl groups is 1. The normalized spacial score (nSPS) is 14.4. The maximum atomic E-state index is 12.6. The number of phenols is 1. The summed E-state index contributed by atoms with van der Waals surface area (Å²) in [6, 6.07) is 13.6. The number of fused-ring (bicyclic) bond motifs is 1. The number of benzene rings is 3. The van der Waals surface area contributed by atoms with Gasteiger partial charge in [0.05, 0.1) is 26.9 Å². The molecule has 0 aromatic heterocycles. The molecule has 7 heteroatoms. The first-order valence-electron chi connectivity index (χ1n) is 10.7. The lowest BCUT2D eigenvalue weighted by molar-refractivity contribution is 0.0729. The largest absolute Gasteiger partial charge is 0.504 e. The van der Waals surface area contributed by atoms with E-state index in [-0.39, 0.29) is 28.9 Å². The maximum Gasteiger partial charge on any atom is 0.343 e. The first-order chi connectivity index (χ1) is 16.5. The SMILES string of the molecule is C/C=C/c1cc2c(c(OC)c1)O[C@@H](c1ccc(OC(=O)c3ccc(O)c(OC)c3)c(OC)c1)C2. The van der Waals surface area contributed by atoms with E-state index < -0.39 is 5.97 Å². The lowest BCUT2D eigenvalue weighted by Gasteiger charge is -2.15. The molecule has 1 N–H and O–H groups in total. The minimum Gasteiger partial charge on any atom is -0.504 e. The summed E-state index contributed by atoms with van der Waals surface area (Å²) in [5, 5.41) is 9.74. The van der Waals surface area contributed by atoms with Crippen molar-refractivity contribution in [2.24, 2.45) is 0 Å². The third-order valence-corrected chi connectivity index (χ3v) is 5.58. The van der Waals surface area contributed by atoms with E-state index in [1.54, 1.807) is 19.2 Å². The van der Waals surface area contributed by atoms with Gasteiger partial charge in [0.15, 0.2) is 34.5 Å². The molecule has 176 valence electrons. The number of methoxy groups -OCH3 is 3. The number of carbonyl (C=O) groups excluding carboxylic acids is 1. The van der Waals surface area contributed by atoms with E-state index in [9.17, 15) is 9.90 Å². The fourth-order valence-corrected chi connectivity index (χ4v) is 3.91. The molecule has 3 aromatic carbocycles. The van der Waals surface area contributed by atoms with Crippen LogP contribution in [0, 0.1) is 0 Å². The molecule has 4 rings (SSSR count). The molecule has 0 saturated heterocycles. The number of ether oxygens (including phenoxy) is 5.